The first-order chi connectivity index (χ1) is 7.95. The first-order valence-corrected chi connectivity index (χ1v) is 4.82. The quantitative estimate of drug-likeness (QED) is 0.269. The maximum atomic E-state index is 10.9. The molecule has 0 saturated heterocycles. The first kappa shape index (κ1) is 12.8. The largest absolute Gasteiger partial charge is 0.478 e. The number of benzene rings is 1. The molecule has 0 amide bonds. The summed E-state index contributed by atoms with van der Waals surface area (Å²) >= 11 is 0. The molecule has 17 heavy (non-hydrogen) atoms. The number of nitrogens with zero attached hydrogens (tertiary/aromatic N) is 1. The fourth-order valence-electron chi connectivity index (χ4n) is 1.38. The second-order valence-electron chi connectivity index (χ2n) is 3.38. The number of rotatable bonds is 4. The molecular formula is C10H14N4O3. The van der Waals surface area contributed by atoms with Crippen LogP contribution in [0.2, 0.25) is 0 Å². The first-order valence-electron chi connectivity index (χ1n) is 4.82. The molecule has 1 aromatic carbocycles. The normalized spacial score (nSPS) is 9.94. The van der Waals surface area contributed by atoms with E-state index in [4.69, 9.17) is 27.4 Å². The highest BCUT2D eigenvalue weighted by Gasteiger charge is 2.11. The maximum Gasteiger partial charge on any atom is 0.335 e. The molecule has 7 heteroatoms. The average Bonchev–Trinajstić information content (AvgIpc) is 2.23. The van der Waals surface area contributed by atoms with Gasteiger partial charge in [-0.3, -0.25) is 0 Å². The van der Waals surface area contributed by atoms with Gasteiger partial charge in [0.25, 0.3) is 0 Å². The van der Waals surface area contributed by atoms with E-state index in [1.165, 1.54) is 12.1 Å². The van der Waals surface area contributed by atoms with E-state index in [9.17, 15) is 4.79 Å². The summed E-state index contributed by atoms with van der Waals surface area (Å²) in [7, 11) is 0. The molecule has 0 saturated carbocycles. The fourth-order valence-corrected chi connectivity index (χ4v) is 1.38. The number of aromatic carboxylic acids is 1. The second kappa shape index (κ2) is 5.17. The summed E-state index contributed by atoms with van der Waals surface area (Å²) in [6, 6.07) is 2.66. The van der Waals surface area contributed by atoms with Crippen LogP contribution in [-0.2, 0) is 6.42 Å². The zero-order chi connectivity index (χ0) is 13.0. The number of anilines is 1. The lowest BCUT2D eigenvalue weighted by atomic mass is 10.0. The van der Waals surface area contributed by atoms with Gasteiger partial charge in [-0.15, -0.1) is 0 Å². The summed E-state index contributed by atoms with van der Waals surface area (Å²) in [5.74, 6) is -1.33. The monoisotopic (exact) mass is 238 g/mol. The van der Waals surface area contributed by atoms with E-state index in [-0.39, 0.29) is 35.9 Å². The number of aliphatic hydroxyl groups excluding tert-OH is 1. The Hall–Kier alpha value is -2.28. The topological polar surface area (TPSA) is 148 Å². The minimum absolute atomic E-state index is 0.0163. The SMILES string of the molecule is NC(N)=Nc1cc(C(=O)O)cc(CCO)c1N. The van der Waals surface area contributed by atoms with E-state index in [0.29, 0.717) is 5.56 Å². The zero-order valence-electron chi connectivity index (χ0n) is 9.05. The van der Waals surface area contributed by atoms with Gasteiger partial charge in [-0.25, -0.2) is 9.79 Å². The molecule has 92 valence electrons. The van der Waals surface area contributed by atoms with Crippen LogP contribution in [0.3, 0.4) is 0 Å². The van der Waals surface area contributed by atoms with Crippen molar-refractivity contribution in [2.75, 3.05) is 12.3 Å². The Morgan fingerprint density at radius 1 is 1.35 bits per heavy atom. The van der Waals surface area contributed by atoms with Gasteiger partial charge in [-0.05, 0) is 24.1 Å². The van der Waals surface area contributed by atoms with Crippen molar-refractivity contribution in [1.82, 2.24) is 0 Å². The molecule has 0 spiro atoms. The van der Waals surface area contributed by atoms with Crippen molar-refractivity contribution < 1.29 is 15.0 Å². The minimum atomic E-state index is -1.11. The third kappa shape index (κ3) is 3.08. The molecule has 1 aromatic rings. The Kier molecular flexibility index (Phi) is 3.89. The van der Waals surface area contributed by atoms with E-state index < -0.39 is 5.97 Å². The number of hydrogen-bond acceptors (Lipinski definition) is 4. The number of carbonyl (C=O) groups is 1. The lowest BCUT2D eigenvalue weighted by Crippen LogP contribution is -2.22. The number of nitrogen functional groups attached to an aromatic ring is 1. The number of aliphatic hydroxyl groups is 1. The van der Waals surface area contributed by atoms with Gasteiger partial charge in [-0.1, -0.05) is 0 Å². The molecule has 0 aromatic heterocycles. The molecule has 0 atom stereocenters. The highest BCUT2D eigenvalue weighted by molar-refractivity contribution is 5.92. The molecule has 0 fully saturated rings. The second-order valence-corrected chi connectivity index (χ2v) is 3.38. The third-order valence-electron chi connectivity index (χ3n) is 2.12. The number of nitrogens with two attached hydrogens (primary N) is 3. The third-order valence-corrected chi connectivity index (χ3v) is 2.12. The van der Waals surface area contributed by atoms with Gasteiger partial charge in [0.15, 0.2) is 5.96 Å². The van der Waals surface area contributed by atoms with E-state index in [1.54, 1.807) is 0 Å². The van der Waals surface area contributed by atoms with Crippen LogP contribution in [0, 0.1) is 0 Å². The van der Waals surface area contributed by atoms with Crippen molar-refractivity contribution in [3.05, 3.63) is 23.3 Å². The standard InChI is InChI=1S/C10H14N4O3/c11-8-5(1-2-15)3-6(9(16)17)4-7(8)14-10(12)13/h3-4,15H,1-2,11H2,(H,16,17)(H4,12,13,14). The Balaban J connectivity index is 3.37. The number of guanidine groups is 1. The van der Waals surface area contributed by atoms with Crippen molar-refractivity contribution >= 4 is 23.3 Å². The van der Waals surface area contributed by atoms with Crippen molar-refractivity contribution in [3.8, 4) is 0 Å². The van der Waals surface area contributed by atoms with Crippen molar-refractivity contribution in [2.45, 2.75) is 6.42 Å². The molecule has 0 bridgehead atoms. The predicted molar refractivity (Wildman–Crippen MR) is 64.1 cm³/mol. The number of carboxylic acid groups (broad SMARTS) is 1. The zero-order valence-corrected chi connectivity index (χ0v) is 9.05. The summed E-state index contributed by atoms with van der Waals surface area (Å²) in [6.07, 6.45) is 0.236. The van der Waals surface area contributed by atoms with Crippen LogP contribution in [0.1, 0.15) is 15.9 Å². The van der Waals surface area contributed by atoms with Gasteiger partial charge in [0.1, 0.15) is 0 Å². The molecule has 0 aliphatic heterocycles. The molecule has 0 aliphatic carbocycles. The number of hydrogen-bond donors (Lipinski definition) is 5. The summed E-state index contributed by atoms with van der Waals surface area (Å²) in [5, 5.41) is 17.8. The molecule has 1 rings (SSSR count). The highest BCUT2D eigenvalue weighted by Crippen LogP contribution is 2.28. The summed E-state index contributed by atoms with van der Waals surface area (Å²) in [4.78, 5) is 14.6. The lowest BCUT2D eigenvalue weighted by molar-refractivity contribution is 0.0696. The smallest absolute Gasteiger partial charge is 0.335 e. The molecular weight excluding hydrogens is 224 g/mol. The van der Waals surface area contributed by atoms with Crippen LogP contribution < -0.4 is 17.2 Å². The summed E-state index contributed by atoms with van der Waals surface area (Å²) in [5.41, 5.74) is 17.2. The molecule has 0 radical (unpaired) electrons. The van der Waals surface area contributed by atoms with E-state index in [0.717, 1.165) is 0 Å². The van der Waals surface area contributed by atoms with E-state index in [1.807, 2.05) is 0 Å². The van der Waals surface area contributed by atoms with Crippen LogP contribution in [0.25, 0.3) is 0 Å². The summed E-state index contributed by atoms with van der Waals surface area (Å²) in [6.45, 7) is -0.144. The van der Waals surface area contributed by atoms with Gasteiger partial charge in [0.05, 0.1) is 16.9 Å². The highest BCUT2D eigenvalue weighted by atomic mass is 16.4. The van der Waals surface area contributed by atoms with Crippen molar-refractivity contribution in [3.63, 3.8) is 0 Å². The predicted octanol–water partition coefficient (Wildman–Crippen LogP) is -0.593. The Bertz CT molecular complexity index is 467. The number of aliphatic imine (C=N–C) groups is 1. The van der Waals surface area contributed by atoms with Crippen LogP contribution in [0.5, 0.6) is 0 Å². The molecule has 0 aliphatic rings. The van der Waals surface area contributed by atoms with Gasteiger partial charge in [0, 0.05) is 6.61 Å². The Labute approximate surface area is 97.6 Å². The maximum absolute atomic E-state index is 10.9. The fraction of sp³-hybridized carbons (Fsp3) is 0.200. The molecule has 8 N–H and O–H groups in total. The van der Waals surface area contributed by atoms with Crippen LogP contribution >= 0.6 is 0 Å². The van der Waals surface area contributed by atoms with Gasteiger partial charge >= 0.3 is 5.97 Å². The van der Waals surface area contributed by atoms with Crippen LogP contribution in [0.4, 0.5) is 11.4 Å². The van der Waals surface area contributed by atoms with Crippen LogP contribution in [-0.4, -0.2) is 28.7 Å². The Morgan fingerprint density at radius 2 is 2.00 bits per heavy atom. The molecule has 0 unspecified atom stereocenters. The van der Waals surface area contributed by atoms with Crippen LogP contribution in [0.15, 0.2) is 17.1 Å². The minimum Gasteiger partial charge on any atom is -0.478 e. The van der Waals surface area contributed by atoms with Gasteiger partial charge in [0.2, 0.25) is 0 Å². The average molecular weight is 238 g/mol. The Morgan fingerprint density at radius 3 is 2.47 bits per heavy atom. The molecule has 7 nitrogen and oxygen atoms in total. The summed E-state index contributed by atoms with van der Waals surface area (Å²) < 4.78 is 0. The van der Waals surface area contributed by atoms with E-state index >= 15 is 0 Å². The van der Waals surface area contributed by atoms with Crippen molar-refractivity contribution in [1.29, 1.82) is 0 Å². The molecule has 0 heterocycles. The van der Waals surface area contributed by atoms with E-state index in [2.05, 4.69) is 4.99 Å². The van der Waals surface area contributed by atoms with Gasteiger partial charge in [-0.2, -0.15) is 0 Å². The van der Waals surface area contributed by atoms with Crippen molar-refractivity contribution in [2.24, 2.45) is 16.5 Å². The number of carboxylic acids is 1. The van der Waals surface area contributed by atoms with Gasteiger partial charge < -0.3 is 27.4 Å². The lowest BCUT2D eigenvalue weighted by Gasteiger charge is -2.09.